The molecule has 0 spiro atoms. The van der Waals surface area contributed by atoms with Crippen LogP contribution in [0.1, 0.15) is 17.3 Å². The van der Waals surface area contributed by atoms with E-state index >= 15 is 0 Å². The largest absolute Gasteiger partial charge is 0.325 e. The van der Waals surface area contributed by atoms with E-state index in [1.165, 1.54) is 18.7 Å². The Kier molecular flexibility index (Phi) is 6.09. The number of aliphatic imine (C=N–C) groups is 1. The van der Waals surface area contributed by atoms with Crippen LogP contribution in [0, 0.1) is 0 Å². The first-order chi connectivity index (χ1) is 14.7. The molecule has 162 valence electrons. The topological polar surface area (TPSA) is 95.9 Å². The minimum Gasteiger partial charge on any atom is -0.325 e. The number of anilines is 2. The van der Waals surface area contributed by atoms with Crippen molar-refractivity contribution in [2.45, 2.75) is 19.0 Å². The van der Waals surface area contributed by atoms with Gasteiger partial charge < -0.3 is 10.2 Å². The Bertz CT molecular complexity index is 1180. The quantitative estimate of drug-likeness (QED) is 0.664. The normalized spacial score (nSPS) is 21.5. The minimum absolute atomic E-state index is 0.00969. The first-order valence-corrected chi connectivity index (χ1v) is 12.8. The highest BCUT2D eigenvalue weighted by atomic mass is 35.5. The summed E-state index contributed by atoms with van der Waals surface area (Å²) in [5.41, 5.74) is 1.82. The van der Waals surface area contributed by atoms with Gasteiger partial charge in [0.15, 0.2) is 20.8 Å². The van der Waals surface area contributed by atoms with Crippen molar-refractivity contribution >= 4 is 61.4 Å². The lowest BCUT2D eigenvalue weighted by Gasteiger charge is -2.26. The fourth-order valence-corrected chi connectivity index (χ4v) is 6.66. The summed E-state index contributed by atoms with van der Waals surface area (Å²) in [5, 5.41) is 3.89. The molecule has 1 N–H and O–H groups in total. The SMILES string of the molecule is CC(=O)c1cccc(N2C(SCC(=O)Nc3cccc(Cl)c3)=NC3CS(=O)(=O)CC32)c1. The van der Waals surface area contributed by atoms with Gasteiger partial charge in [-0.05, 0) is 37.3 Å². The molecule has 1 fully saturated rings. The number of nitrogens with zero attached hydrogens (tertiary/aromatic N) is 2. The average molecular weight is 478 g/mol. The number of carbonyl (C=O) groups excluding carboxylic acids is 2. The summed E-state index contributed by atoms with van der Waals surface area (Å²) in [5.74, 6) is -0.231. The van der Waals surface area contributed by atoms with E-state index in [1.807, 2.05) is 11.0 Å². The molecule has 7 nitrogen and oxygen atoms in total. The summed E-state index contributed by atoms with van der Waals surface area (Å²) in [6, 6.07) is 13.2. The number of Topliss-reactive ketones (excluding diaryl/α,β-unsaturated/α-hetero) is 1. The van der Waals surface area contributed by atoms with Crippen molar-refractivity contribution in [2.24, 2.45) is 4.99 Å². The van der Waals surface area contributed by atoms with Crippen LogP contribution in [-0.4, -0.2) is 54.6 Å². The summed E-state index contributed by atoms with van der Waals surface area (Å²) in [6.45, 7) is 1.48. The van der Waals surface area contributed by atoms with Crippen molar-refractivity contribution < 1.29 is 18.0 Å². The number of rotatable bonds is 5. The molecule has 1 amide bonds. The fraction of sp³-hybridized carbons (Fsp3) is 0.286. The maximum atomic E-state index is 12.4. The molecule has 2 heterocycles. The third-order valence-corrected chi connectivity index (χ3v) is 7.98. The molecule has 2 unspecified atom stereocenters. The average Bonchev–Trinajstić information content (AvgIpc) is 3.17. The van der Waals surface area contributed by atoms with Crippen molar-refractivity contribution in [1.82, 2.24) is 0 Å². The van der Waals surface area contributed by atoms with Crippen LogP contribution in [0.4, 0.5) is 11.4 Å². The number of amidine groups is 1. The van der Waals surface area contributed by atoms with Gasteiger partial charge in [-0.15, -0.1) is 0 Å². The van der Waals surface area contributed by atoms with Crippen molar-refractivity contribution in [3.63, 3.8) is 0 Å². The van der Waals surface area contributed by atoms with Gasteiger partial charge in [0.2, 0.25) is 5.91 Å². The molecule has 2 aliphatic heterocycles. The Labute approximate surface area is 189 Å². The molecule has 2 aromatic rings. The van der Waals surface area contributed by atoms with E-state index in [0.717, 1.165) is 0 Å². The smallest absolute Gasteiger partial charge is 0.234 e. The molecule has 0 aliphatic carbocycles. The van der Waals surface area contributed by atoms with Gasteiger partial charge in [-0.3, -0.25) is 14.6 Å². The van der Waals surface area contributed by atoms with Gasteiger partial charge >= 0.3 is 0 Å². The van der Waals surface area contributed by atoms with E-state index in [2.05, 4.69) is 10.3 Å². The number of benzene rings is 2. The Morgan fingerprint density at radius 2 is 1.97 bits per heavy atom. The van der Waals surface area contributed by atoms with E-state index in [-0.39, 0.29) is 41.0 Å². The van der Waals surface area contributed by atoms with E-state index in [4.69, 9.17) is 11.6 Å². The van der Waals surface area contributed by atoms with Gasteiger partial charge in [0, 0.05) is 22.0 Å². The predicted molar refractivity (Wildman–Crippen MR) is 125 cm³/mol. The van der Waals surface area contributed by atoms with Crippen molar-refractivity contribution in [1.29, 1.82) is 0 Å². The number of ketones is 1. The number of amides is 1. The molecule has 2 aliphatic rings. The van der Waals surface area contributed by atoms with Crippen LogP contribution in [-0.2, 0) is 14.6 Å². The Morgan fingerprint density at radius 1 is 1.19 bits per heavy atom. The minimum atomic E-state index is -3.19. The fourth-order valence-electron chi connectivity index (χ4n) is 3.70. The first-order valence-electron chi connectivity index (χ1n) is 9.58. The van der Waals surface area contributed by atoms with E-state index in [9.17, 15) is 18.0 Å². The van der Waals surface area contributed by atoms with Crippen LogP contribution < -0.4 is 10.2 Å². The number of thioether (sulfide) groups is 1. The molecule has 0 radical (unpaired) electrons. The van der Waals surface area contributed by atoms with Crippen LogP contribution in [0.15, 0.2) is 53.5 Å². The summed E-state index contributed by atoms with van der Waals surface area (Å²) in [7, 11) is -3.19. The molecule has 2 aromatic carbocycles. The van der Waals surface area contributed by atoms with Crippen LogP contribution in [0.2, 0.25) is 5.02 Å². The zero-order chi connectivity index (χ0) is 22.2. The number of hydrogen-bond acceptors (Lipinski definition) is 7. The van der Waals surface area contributed by atoms with Gasteiger partial charge in [-0.25, -0.2) is 8.42 Å². The maximum Gasteiger partial charge on any atom is 0.234 e. The monoisotopic (exact) mass is 477 g/mol. The summed E-state index contributed by atoms with van der Waals surface area (Å²) in [4.78, 5) is 30.7. The lowest BCUT2D eigenvalue weighted by atomic mass is 10.1. The highest BCUT2D eigenvalue weighted by Gasteiger charge is 2.47. The van der Waals surface area contributed by atoms with Crippen LogP contribution >= 0.6 is 23.4 Å². The second kappa shape index (κ2) is 8.64. The summed E-state index contributed by atoms with van der Waals surface area (Å²) < 4.78 is 24.3. The number of nitrogens with one attached hydrogen (secondary N) is 1. The molecule has 1 saturated heterocycles. The standard InChI is InChI=1S/C21H20ClN3O4S2/c1-13(26)14-4-2-7-17(8-14)25-19-12-31(28,29)11-18(19)24-21(25)30-10-20(27)23-16-6-3-5-15(22)9-16/h2-9,18-19H,10-12H2,1H3,(H,23,27). The lowest BCUT2D eigenvalue weighted by Crippen LogP contribution is -2.39. The second-order valence-electron chi connectivity index (χ2n) is 7.45. The third kappa shape index (κ3) is 4.94. The Morgan fingerprint density at radius 3 is 2.71 bits per heavy atom. The lowest BCUT2D eigenvalue weighted by molar-refractivity contribution is -0.113. The van der Waals surface area contributed by atoms with Gasteiger partial charge in [0.1, 0.15) is 0 Å². The molecule has 0 bridgehead atoms. The third-order valence-electron chi connectivity index (χ3n) is 5.08. The Hall–Kier alpha value is -2.36. The molecule has 4 rings (SSSR count). The van der Waals surface area contributed by atoms with Gasteiger partial charge in [-0.2, -0.15) is 0 Å². The number of sulfone groups is 1. The van der Waals surface area contributed by atoms with Crippen LogP contribution in [0.5, 0.6) is 0 Å². The molecule has 10 heteroatoms. The van der Waals surface area contributed by atoms with Crippen molar-refractivity contribution in [3.05, 3.63) is 59.1 Å². The Balaban J connectivity index is 1.54. The second-order valence-corrected chi connectivity index (χ2v) is 11.0. The number of halogens is 1. The first kappa shape index (κ1) is 21.9. The van der Waals surface area contributed by atoms with E-state index in [0.29, 0.717) is 27.1 Å². The molecular weight excluding hydrogens is 458 g/mol. The van der Waals surface area contributed by atoms with Crippen LogP contribution in [0.3, 0.4) is 0 Å². The molecule has 2 atom stereocenters. The molecule has 0 aromatic heterocycles. The number of carbonyl (C=O) groups is 2. The van der Waals surface area contributed by atoms with E-state index in [1.54, 1.807) is 42.5 Å². The number of hydrogen-bond donors (Lipinski definition) is 1. The van der Waals surface area contributed by atoms with Crippen molar-refractivity contribution in [3.8, 4) is 0 Å². The zero-order valence-corrected chi connectivity index (χ0v) is 19.0. The van der Waals surface area contributed by atoms with Gasteiger partial charge in [0.05, 0.1) is 29.3 Å². The summed E-state index contributed by atoms with van der Waals surface area (Å²) >= 11 is 7.19. The van der Waals surface area contributed by atoms with Crippen LogP contribution in [0.25, 0.3) is 0 Å². The van der Waals surface area contributed by atoms with Gasteiger partial charge in [-0.1, -0.05) is 41.6 Å². The van der Waals surface area contributed by atoms with E-state index < -0.39 is 9.84 Å². The zero-order valence-electron chi connectivity index (χ0n) is 16.6. The highest BCUT2D eigenvalue weighted by Crippen LogP contribution is 2.35. The predicted octanol–water partition coefficient (Wildman–Crippen LogP) is 3.26. The maximum absolute atomic E-state index is 12.4. The van der Waals surface area contributed by atoms with Crippen molar-refractivity contribution in [2.75, 3.05) is 27.5 Å². The molecule has 31 heavy (non-hydrogen) atoms. The highest BCUT2D eigenvalue weighted by molar-refractivity contribution is 8.14. The number of fused-ring (bicyclic) bond motifs is 1. The summed E-state index contributed by atoms with van der Waals surface area (Å²) in [6.07, 6.45) is 0. The molecular formula is C21H20ClN3O4S2. The van der Waals surface area contributed by atoms with Gasteiger partial charge in [0.25, 0.3) is 0 Å². The molecule has 0 saturated carbocycles.